The fourth-order valence-electron chi connectivity index (χ4n) is 2.27. The molecule has 0 fully saturated rings. The van der Waals surface area contributed by atoms with Crippen LogP contribution in [-0.2, 0) is 22.7 Å². The van der Waals surface area contributed by atoms with Gasteiger partial charge in [0, 0.05) is 18.5 Å². The maximum atomic E-state index is 13.8. The third-order valence-corrected chi connectivity index (χ3v) is 4.07. The van der Waals surface area contributed by atoms with E-state index in [0.29, 0.717) is 11.5 Å². The van der Waals surface area contributed by atoms with Crippen molar-refractivity contribution in [1.82, 2.24) is 5.32 Å². The molecule has 0 heterocycles. The molecule has 0 aliphatic carbocycles. The number of benzene rings is 2. The van der Waals surface area contributed by atoms with Gasteiger partial charge in [0.2, 0.25) is 5.91 Å². The topological polar surface area (TPSA) is 84.9 Å². The Kier molecular flexibility index (Phi) is 7.43. The Hall–Kier alpha value is -2.80. The maximum absolute atomic E-state index is 13.8. The summed E-state index contributed by atoms with van der Waals surface area (Å²) < 4.78 is 24.7. The van der Waals surface area contributed by atoms with Crippen molar-refractivity contribution in [2.75, 3.05) is 7.11 Å². The van der Waals surface area contributed by atoms with Crippen molar-refractivity contribution in [3.63, 3.8) is 0 Å². The van der Waals surface area contributed by atoms with Crippen LogP contribution in [0, 0.1) is 5.82 Å². The molecule has 8 heteroatoms. The van der Waals surface area contributed by atoms with Crippen molar-refractivity contribution in [2.24, 2.45) is 0 Å². The van der Waals surface area contributed by atoms with Gasteiger partial charge in [-0.3, -0.25) is 9.59 Å². The molecular weight excluding hydrogens is 377 g/mol. The molecule has 1 amide bonds. The van der Waals surface area contributed by atoms with Gasteiger partial charge >= 0.3 is 5.97 Å². The average Bonchev–Trinajstić information content (AvgIpc) is 2.64. The fraction of sp³-hybridized carbons (Fsp3) is 0.263. The molecule has 144 valence electrons. The number of carboxylic acid groups (broad SMARTS) is 1. The predicted molar refractivity (Wildman–Crippen MR) is 97.5 cm³/mol. The average molecular weight is 396 g/mol. The highest BCUT2D eigenvalue weighted by atomic mass is 35.5. The van der Waals surface area contributed by atoms with Gasteiger partial charge in [0.15, 0.2) is 11.5 Å². The van der Waals surface area contributed by atoms with E-state index in [9.17, 15) is 14.0 Å². The molecule has 6 nitrogen and oxygen atoms in total. The van der Waals surface area contributed by atoms with E-state index < -0.39 is 11.8 Å². The summed E-state index contributed by atoms with van der Waals surface area (Å²) in [5.41, 5.74) is 0.989. The SMILES string of the molecule is COc1cc(CNC(=O)CCC(=O)O)ccc1OCc1c(F)cccc1Cl. The molecule has 2 N–H and O–H groups in total. The summed E-state index contributed by atoms with van der Waals surface area (Å²) in [6, 6.07) is 9.44. The van der Waals surface area contributed by atoms with Gasteiger partial charge in [-0.1, -0.05) is 23.7 Å². The molecule has 0 unspecified atom stereocenters. The van der Waals surface area contributed by atoms with Crippen LogP contribution in [0.25, 0.3) is 0 Å². The van der Waals surface area contributed by atoms with E-state index in [2.05, 4.69) is 5.32 Å². The molecule has 0 saturated heterocycles. The lowest BCUT2D eigenvalue weighted by Crippen LogP contribution is -2.23. The standard InChI is InChI=1S/C19H19ClFNO5/c1-26-17-9-12(10-22-18(23)7-8-19(24)25)5-6-16(17)27-11-13-14(20)3-2-4-15(13)21/h2-6,9H,7-8,10-11H2,1H3,(H,22,23)(H,24,25). The Morgan fingerprint density at radius 2 is 1.96 bits per heavy atom. The van der Waals surface area contributed by atoms with Gasteiger partial charge in [0.1, 0.15) is 12.4 Å². The minimum atomic E-state index is -1.02. The van der Waals surface area contributed by atoms with Gasteiger partial charge in [-0.05, 0) is 29.8 Å². The van der Waals surface area contributed by atoms with Crippen LogP contribution in [0.5, 0.6) is 11.5 Å². The molecule has 0 spiro atoms. The van der Waals surface area contributed by atoms with Crippen LogP contribution < -0.4 is 14.8 Å². The molecule has 2 rings (SSSR count). The number of carbonyl (C=O) groups is 2. The minimum Gasteiger partial charge on any atom is -0.493 e. The van der Waals surface area contributed by atoms with Crippen LogP contribution in [0.15, 0.2) is 36.4 Å². The number of nitrogens with one attached hydrogen (secondary N) is 1. The third kappa shape index (κ3) is 6.14. The zero-order valence-corrected chi connectivity index (χ0v) is 15.4. The molecule has 0 aliphatic rings. The van der Waals surface area contributed by atoms with Crippen LogP contribution in [0.4, 0.5) is 4.39 Å². The lowest BCUT2D eigenvalue weighted by molar-refractivity contribution is -0.138. The normalized spacial score (nSPS) is 10.3. The van der Waals surface area contributed by atoms with Gasteiger partial charge in [0.05, 0.1) is 18.6 Å². The number of hydrogen-bond acceptors (Lipinski definition) is 4. The smallest absolute Gasteiger partial charge is 0.303 e. The molecule has 2 aromatic carbocycles. The molecule has 2 aromatic rings. The van der Waals surface area contributed by atoms with Gasteiger partial charge < -0.3 is 19.9 Å². The summed E-state index contributed by atoms with van der Waals surface area (Å²) in [6.45, 7) is 0.154. The van der Waals surface area contributed by atoms with E-state index in [-0.39, 0.29) is 42.5 Å². The second-order valence-corrected chi connectivity index (χ2v) is 6.05. The molecule has 0 aromatic heterocycles. The highest BCUT2D eigenvalue weighted by molar-refractivity contribution is 6.31. The number of hydrogen-bond donors (Lipinski definition) is 2. The second-order valence-electron chi connectivity index (χ2n) is 5.64. The molecule has 0 atom stereocenters. The zero-order valence-electron chi connectivity index (χ0n) is 14.6. The Balaban J connectivity index is 1.99. The van der Waals surface area contributed by atoms with Crippen LogP contribution in [0.2, 0.25) is 5.02 Å². The van der Waals surface area contributed by atoms with Crippen molar-refractivity contribution < 1.29 is 28.6 Å². The van der Waals surface area contributed by atoms with E-state index in [4.69, 9.17) is 26.2 Å². The lowest BCUT2D eigenvalue weighted by Gasteiger charge is -2.13. The number of aliphatic carboxylic acids is 1. The summed E-state index contributed by atoms with van der Waals surface area (Å²) in [6.07, 6.45) is -0.308. The van der Waals surface area contributed by atoms with E-state index in [1.807, 2.05) is 0 Å². The van der Waals surface area contributed by atoms with Gasteiger partial charge in [-0.2, -0.15) is 0 Å². The number of rotatable bonds is 9. The Labute approximate surface area is 160 Å². The van der Waals surface area contributed by atoms with E-state index in [1.54, 1.807) is 24.3 Å². The van der Waals surface area contributed by atoms with E-state index >= 15 is 0 Å². The van der Waals surface area contributed by atoms with E-state index in [1.165, 1.54) is 19.2 Å². The summed E-state index contributed by atoms with van der Waals surface area (Å²) in [5.74, 6) is -1.02. The first-order chi connectivity index (χ1) is 12.9. The predicted octanol–water partition coefficient (Wildman–Crippen LogP) is 3.55. The number of carbonyl (C=O) groups excluding carboxylic acids is 1. The largest absolute Gasteiger partial charge is 0.493 e. The zero-order chi connectivity index (χ0) is 19.8. The summed E-state index contributed by atoms with van der Waals surface area (Å²) in [7, 11) is 1.47. The number of halogens is 2. The number of ether oxygens (including phenoxy) is 2. The molecular formula is C19H19ClFNO5. The molecule has 0 aliphatic heterocycles. The van der Waals surface area contributed by atoms with Crippen molar-refractivity contribution in [3.8, 4) is 11.5 Å². The van der Waals surface area contributed by atoms with Gasteiger partial charge in [0.25, 0.3) is 0 Å². The molecule has 0 bridgehead atoms. The first kappa shape index (κ1) is 20.5. The Bertz CT molecular complexity index is 807. The van der Waals surface area contributed by atoms with Crippen molar-refractivity contribution >= 4 is 23.5 Å². The molecule has 0 radical (unpaired) electrons. The third-order valence-electron chi connectivity index (χ3n) is 3.72. The van der Waals surface area contributed by atoms with Crippen LogP contribution in [0.1, 0.15) is 24.0 Å². The molecule has 0 saturated carbocycles. The van der Waals surface area contributed by atoms with Gasteiger partial charge in [-0.15, -0.1) is 0 Å². The first-order valence-corrected chi connectivity index (χ1v) is 8.49. The van der Waals surface area contributed by atoms with Gasteiger partial charge in [-0.25, -0.2) is 4.39 Å². The summed E-state index contributed by atoms with van der Waals surface area (Å²) in [5, 5.41) is 11.5. The van der Waals surface area contributed by atoms with Crippen molar-refractivity contribution in [1.29, 1.82) is 0 Å². The fourth-order valence-corrected chi connectivity index (χ4v) is 2.49. The Morgan fingerprint density at radius 3 is 2.63 bits per heavy atom. The monoisotopic (exact) mass is 395 g/mol. The van der Waals surface area contributed by atoms with Crippen LogP contribution >= 0.6 is 11.6 Å². The van der Waals surface area contributed by atoms with Crippen LogP contribution in [-0.4, -0.2) is 24.1 Å². The van der Waals surface area contributed by atoms with Crippen LogP contribution in [0.3, 0.4) is 0 Å². The highest BCUT2D eigenvalue weighted by Gasteiger charge is 2.11. The Morgan fingerprint density at radius 1 is 1.19 bits per heavy atom. The lowest BCUT2D eigenvalue weighted by atomic mass is 10.2. The first-order valence-electron chi connectivity index (χ1n) is 8.11. The minimum absolute atomic E-state index is 0.0624. The summed E-state index contributed by atoms with van der Waals surface area (Å²) >= 11 is 5.98. The molecule has 27 heavy (non-hydrogen) atoms. The highest BCUT2D eigenvalue weighted by Crippen LogP contribution is 2.30. The van der Waals surface area contributed by atoms with Crippen molar-refractivity contribution in [2.45, 2.75) is 26.0 Å². The number of amides is 1. The van der Waals surface area contributed by atoms with Crippen molar-refractivity contribution in [3.05, 3.63) is 58.4 Å². The van der Waals surface area contributed by atoms with E-state index in [0.717, 1.165) is 5.56 Å². The second kappa shape index (κ2) is 9.78. The number of methoxy groups -OCH3 is 1. The quantitative estimate of drug-likeness (QED) is 0.678. The summed E-state index contributed by atoms with van der Waals surface area (Å²) in [4.78, 5) is 22.0. The maximum Gasteiger partial charge on any atom is 0.303 e. The number of carboxylic acids is 1.